The van der Waals surface area contributed by atoms with Gasteiger partial charge in [0.05, 0.1) is 10.7 Å². The molecular weight excluding hydrogens is 260 g/mol. The normalized spacial score (nSPS) is 12.1. The fourth-order valence-electron chi connectivity index (χ4n) is 1.20. The maximum Gasteiger partial charge on any atom is 0.225 e. The summed E-state index contributed by atoms with van der Waals surface area (Å²) in [5.41, 5.74) is 6.60. The van der Waals surface area contributed by atoms with Gasteiger partial charge in [-0.05, 0) is 18.2 Å². The highest BCUT2D eigenvalue weighted by atomic mass is 35.5. The third-order valence-corrected chi connectivity index (χ3v) is 3.76. The van der Waals surface area contributed by atoms with Crippen molar-refractivity contribution in [3.05, 3.63) is 23.2 Å². The Morgan fingerprint density at radius 3 is 2.82 bits per heavy atom. The summed E-state index contributed by atoms with van der Waals surface area (Å²) in [5.74, 6) is 0.739. The van der Waals surface area contributed by atoms with E-state index in [0.717, 1.165) is 0 Å². The third kappa shape index (κ3) is 4.75. The number of halogens is 1. The molecule has 1 aromatic rings. The summed E-state index contributed by atoms with van der Waals surface area (Å²) < 4.78 is 11.2. The molecule has 0 aliphatic heterocycles. The van der Waals surface area contributed by atoms with Gasteiger partial charge in [0.15, 0.2) is 0 Å². The van der Waals surface area contributed by atoms with Gasteiger partial charge < -0.3 is 11.1 Å². The van der Waals surface area contributed by atoms with Gasteiger partial charge in [-0.1, -0.05) is 18.5 Å². The van der Waals surface area contributed by atoms with E-state index in [2.05, 4.69) is 5.32 Å². The number of hydrogen-bond acceptors (Lipinski definition) is 3. The number of hydrogen-bond donors (Lipinski definition) is 2. The Morgan fingerprint density at radius 1 is 1.53 bits per heavy atom. The topological polar surface area (TPSA) is 72.2 Å². The van der Waals surface area contributed by atoms with Crippen LogP contribution in [0.15, 0.2) is 18.2 Å². The summed E-state index contributed by atoms with van der Waals surface area (Å²) >= 11 is 5.91. The Kier molecular flexibility index (Phi) is 5.44. The minimum Gasteiger partial charge on any atom is -0.399 e. The van der Waals surface area contributed by atoms with Crippen LogP contribution in [0.3, 0.4) is 0 Å². The highest BCUT2D eigenvalue weighted by molar-refractivity contribution is 7.84. The Labute approximate surface area is 108 Å². The molecule has 3 N–H and O–H groups in total. The molecule has 0 spiro atoms. The second kappa shape index (κ2) is 6.61. The molecule has 6 heteroatoms. The average molecular weight is 275 g/mol. The molecule has 0 saturated carbocycles. The van der Waals surface area contributed by atoms with E-state index in [1.165, 1.54) is 0 Å². The molecule has 0 aliphatic rings. The Morgan fingerprint density at radius 2 is 2.24 bits per heavy atom. The number of amides is 1. The molecule has 4 nitrogen and oxygen atoms in total. The summed E-state index contributed by atoms with van der Waals surface area (Å²) in [7, 11) is -0.928. The second-order valence-corrected chi connectivity index (χ2v) is 5.74. The molecule has 17 heavy (non-hydrogen) atoms. The molecule has 0 aromatic heterocycles. The van der Waals surface area contributed by atoms with Crippen LogP contribution >= 0.6 is 11.6 Å². The summed E-state index contributed by atoms with van der Waals surface area (Å²) in [6, 6.07) is 4.87. The quantitative estimate of drug-likeness (QED) is 0.807. The van der Waals surface area contributed by atoms with Crippen molar-refractivity contribution in [2.45, 2.75) is 13.3 Å². The van der Waals surface area contributed by atoms with E-state index < -0.39 is 10.8 Å². The zero-order chi connectivity index (χ0) is 12.8. The monoisotopic (exact) mass is 274 g/mol. The molecular formula is C11H15ClN2O2S. The van der Waals surface area contributed by atoms with E-state index in [-0.39, 0.29) is 12.3 Å². The molecule has 0 fully saturated rings. The van der Waals surface area contributed by atoms with Crippen molar-refractivity contribution in [2.75, 3.05) is 22.6 Å². The molecule has 0 radical (unpaired) electrons. The predicted octanol–water partition coefficient (Wildman–Crippen LogP) is 2.02. The largest absolute Gasteiger partial charge is 0.399 e. The van der Waals surface area contributed by atoms with Crippen molar-refractivity contribution in [3.63, 3.8) is 0 Å². The molecule has 0 heterocycles. The van der Waals surface area contributed by atoms with E-state index in [4.69, 9.17) is 17.3 Å². The van der Waals surface area contributed by atoms with Crippen LogP contribution in [0.1, 0.15) is 13.3 Å². The highest BCUT2D eigenvalue weighted by Gasteiger charge is 2.07. The fraction of sp³-hybridized carbons (Fsp3) is 0.364. The van der Waals surface area contributed by atoms with Crippen molar-refractivity contribution in [1.82, 2.24) is 0 Å². The standard InChI is InChI=1S/C11H15ClN2O2S/c1-2-17(16)6-5-11(15)14-10-4-3-8(13)7-9(10)12/h3-4,7H,2,5-6,13H2,1H3,(H,14,15). The highest BCUT2D eigenvalue weighted by Crippen LogP contribution is 2.24. The lowest BCUT2D eigenvalue weighted by atomic mass is 10.3. The van der Waals surface area contributed by atoms with Gasteiger partial charge in [0.2, 0.25) is 5.91 Å². The van der Waals surface area contributed by atoms with E-state index in [1.807, 2.05) is 6.92 Å². The van der Waals surface area contributed by atoms with Gasteiger partial charge in [-0.3, -0.25) is 9.00 Å². The smallest absolute Gasteiger partial charge is 0.225 e. The van der Waals surface area contributed by atoms with Gasteiger partial charge >= 0.3 is 0 Å². The lowest BCUT2D eigenvalue weighted by Gasteiger charge is -2.07. The maximum atomic E-state index is 11.5. The number of nitrogen functional groups attached to an aromatic ring is 1. The van der Waals surface area contributed by atoms with Gasteiger partial charge in [0.25, 0.3) is 0 Å². The zero-order valence-corrected chi connectivity index (χ0v) is 11.1. The minimum absolute atomic E-state index is 0.196. The average Bonchev–Trinajstić information content (AvgIpc) is 2.29. The first kappa shape index (κ1) is 14.0. The fourth-order valence-corrected chi connectivity index (χ4v) is 2.13. The van der Waals surface area contributed by atoms with E-state index >= 15 is 0 Å². The number of nitrogens with one attached hydrogen (secondary N) is 1. The van der Waals surface area contributed by atoms with Crippen molar-refractivity contribution in [1.29, 1.82) is 0 Å². The second-order valence-electron chi connectivity index (χ2n) is 3.47. The van der Waals surface area contributed by atoms with Gasteiger partial charge in [-0.25, -0.2) is 0 Å². The number of carbonyl (C=O) groups excluding carboxylic acids is 1. The van der Waals surface area contributed by atoms with Crippen LogP contribution in [0.4, 0.5) is 11.4 Å². The molecule has 1 unspecified atom stereocenters. The summed E-state index contributed by atoms with van der Waals surface area (Å²) in [5, 5.41) is 3.05. The first-order valence-electron chi connectivity index (χ1n) is 5.22. The van der Waals surface area contributed by atoms with Crippen LogP contribution in [0.5, 0.6) is 0 Å². The van der Waals surface area contributed by atoms with Crippen LogP contribution in [-0.4, -0.2) is 21.6 Å². The van der Waals surface area contributed by atoms with E-state index in [0.29, 0.717) is 27.9 Å². The van der Waals surface area contributed by atoms with E-state index in [9.17, 15) is 9.00 Å². The van der Waals surface area contributed by atoms with Gasteiger partial charge in [0, 0.05) is 34.4 Å². The Hall–Kier alpha value is -1.07. The lowest BCUT2D eigenvalue weighted by Crippen LogP contribution is -2.15. The predicted molar refractivity (Wildman–Crippen MR) is 72.7 cm³/mol. The van der Waals surface area contributed by atoms with Crippen LogP contribution < -0.4 is 11.1 Å². The van der Waals surface area contributed by atoms with Crippen molar-refractivity contribution in [2.24, 2.45) is 0 Å². The molecule has 0 aliphatic carbocycles. The maximum absolute atomic E-state index is 11.5. The Balaban J connectivity index is 2.53. The van der Waals surface area contributed by atoms with Gasteiger partial charge in [0.1, 0.15) is 0 Å². The summed E-state index contributed by atoms with van der Waals surface area (Å²) in [4.78, 5) is 11.5. The van der Waals surface area contributed by atoms with Crippen LogP contribution in [0, 0.1) is 0 Å². The molecule has 94 valence electrons. The van der Waals surface area contributed by atoms with Crippen LogP contribution in [-0.2, 0) is 15.6 Å². The number of rotatable bonds is 5. The molecule has 1 atom stereocenters. The van der Waals surface area contributed by atoms with Crippen molar-refractivity contribution < 1.29 is 9.00 Å². The van der Waals surface area contributed by atoms with Gasteiger partial charge in [-0.15, -0.1) is 0 Å². The van der Waals surface area contributed by atoms with E-state index in [1.54, 1.807) is 18.2 Å². The van der Waals surface area contributed by atoms with Gasteiger partial charge in [-0.2, -0.15) is 0 Å². The van der Waals surface area contributed by atoms with Crippen molar-refractivity contribution in [3.8, 4) is 0 Å². The molecule has 0 saturated heterocycles. The number of nitrogens with two attached hydrogens (primary N) is 1. The summed E-state index contributed by atoms with van der Waals surface area (Å²) in [6.45, 7) is 1.82. The number of carbonyl (C=O) groups is 1. The molecule has 1 aromatic carbocycles. The lowest BCUT2D eigenvalue weighted by molar-refractivity contribution is -0.115. The number of benzene rings is 1. The van der Waals surface area contributed by atoms with Crippen LogP contribution in [0.25, 0.3) is 0 Å². The number of anilines is 2. The first-order chi connectivity index (χ1) is 8.02. The Bertz CT molecular complexity index is 437. The van der Waals surface area contributed by atoms with Crippen LogP contribution in [0.2, 0.25) is 5.02 Å². The van der Waals surface area contributed by atoms with Crippen molar-refractivity contribution >= 4 is 39.7 Å². The SMILES string of the molecule is CCS(=O)CCC(=O)Nc1ccc(N)cc1Cl. The minimum atomic E-state index is -0.928. The first-order valence-corrected chi connectivity index (χ1v) is 7.09. The molecule has 1 amide bonds. The molecule has 1 rings (SSSR count). The zero-order valence-electron chi connectivity index (χ0n) is 9.53. The summed E-state index contributed by atoms with van der Waals surface area (Å²) in [6.07, 6.45) is 0.223. The molecule has 0 bridgehead atoms. The third-order valence-electron chi connectivity index (χ3n) is 2.15.